The molecule has 0 aliphatic heterocycles. The molecule has 20 heavy (non-hydrogen) atoms. The Labute approximate surface area is 128 Å². The van der Waals surface area contributed by atoms with Crippen LogP contribution in [0.3, 0.4) is 0 Å². The minimum Gasteiger partial charge on any atom is -0.308 e. The second-order valence-electron chi connectivity index (χ2n) is 5.39. The summed E-state index contributed by atoms with van der Waals surface area (Å²) in [6.45, 7) is 2.76. The third kappa shape index (κ3) is 3.25. The first-order valence-electron chi connectivity index (χ1n) is 6.98. The van der Waals surface area contributed by atoms with Crippen molar-refractivity contribution in [2.75, 3.05) is 0 Å². The van der Waals surface area contributed by atoms with Gasteiger partial charge in [-0.2, -0.15) is 0 Å². The van der Waals surface area contributed by atoms with Crippen molar-refractivity contribution in [1.29, 1.82) is 0 Å². The zero-order chi connectivity index (χ0) is 13.9. The molecule has 3 nitrogen and oxygen atoms in total. The van der Waals surface area contributed by atoms with Gasteiger partial charge in [0.25, 0.3) is 0 Å². The maximum atomic E-state index is 4.41. The van der Waals surface area contributed by atoms with Gasteiger partial charge in [-0.1, -0.05) is 28.1 Å². The quantitative estimate of drug-likeness (QED) is 0.930. The maximum Gasteiger partial charge on any atom is 0.125 e. The van der Waals surface area contributed by atoms with Gasteiger partial charge in [0.05, 0.1) is 5.69 Å². The van der Waals surface area contributed by atoms with E-state index in [1.807, 2.05) is 19.2 Å². The summed E-state index contributed by atoms with van der Waals surface area (Å²) in [5.74, 6) is 1.54. The Hall–Kier alpha value is -1.26. The third-order valence-corrected chi connectivity index (χ3v) is 4.41. The molecule has 1 aliphatic carbocycles. The van der Waals surface area contributed by atoms with Gasteiger partial charge in [-0.05, 0) is 49.4 Å². The predicted molar refractivity (Wildman–Crippen MR) is 83.5 cm³/mol. The van der Waals surface area contributed by atoms with E-state index in [1.165, 1.54) is 18.4 Å². The summed E-state index contributed by atoms with van der Waals surface area (Å²) in [5.41, 5.74) is 2.52. The lowest BCUT2D eigenvalue weighted by Crippen LogP contribution is -2.39. The van der Waals surface area contributed by atoms with E-state index < -0.39 is 0 Å². The van der Waals surface area contributed by atoms with Crippen molar-refractivity contribution in [3.63, 3.8) is 0 Å². The molecule has 1 aromatic carbocycles. The number of aromatic nitrogens is 2. The molecule has 0 bridgehead atoms. The smallest absolute Gasteiger partial charge is 0.125 e. The second kappa shape index (κ2) is 6.02. The fourth-order valence-electron chi connectivity index (χ4n) is 2.64. The molecule has 0 spiro atoms. The van der Waals surface area contributed by atoms with E-state index in [0.29, 0.717) is 12.0 Å². The molecule has 0 atom stereocenters. The molecule has 0 unspecified atom stereocenters. The van der Waals surface area contributed by atoms with Crippen molar-refractivity contribution in [2.45, 2.75) is 38.3 Å². The van der Waals surface area contributed by atoms with Gasteiger partial charge in [-0.3, -0.25) is 0 Å². The molecule has 2 aromatic rings. The normalized spacial score (nSPS) is 21.5. The Kier molecular flexibility index (Phi) is 4.13. The summed E-state index contributed by atoms with van der Waals surface area (Å²) in [6, 6.07) is 11.3. The Morgan fingerprint density at radius 1 is 1.20 bits per heavy atom. The largest absolute Gasteiger partial charge is 0.308 e. The van der Waals surface area contributed by atoms with Crippen LogP contribution in [-0.2, 0) is 6.54 Å². The number of hydrogen-bond acceptors (Lipinski definition) is 3. The van der Waals surface area contributed by atoms with Crippen LogP contribution in [0, 0.1) is 6.92 Å². The standard InChI is InChI=1S/C16H18BrN3/c1-11-18-7-6-15(20-11)10-19-16-8-13(9-16)12-2-4-14(17)5-3-12/h2-7,13,16,19H,8-10H2,1H3. The number of rotatable bonds is 4. The molecule has 1 aliphatic rings. The molecule has 1 aromatic heterocycles. The summed E-state index contributed by atoms with van der Waals surface area (Å²) in [6.07, 6.45) is 4.25. The lowest BCUT2D eigenvalue weighted by molar-refractivity contribution is 0.288. The lowest BCUT2D eigenvalue weighted by atomic mass is 9.76. The minimum atomic E-state index is 0.610. The molecular weight excluding hydrogens is 314 g/mol. The highest BCUT2D eigenvalue weighted by atomic mass is 79.9. The molecule has 1 heterocycles. The highest BCUT2D eigenvalue weighted by Gasteiger charge is 2.29. The van der Waals surface area contributed by atoms with Crippen molar-refractivity contribution >= 4 is 15.9 Å². The highest BCUT2D eigenvalue weighted by Crippen LogP contribution is 2.37. The molecule has 104 valence electrons. The van der Waals surface area contributed by atoms with Crippen LogP contribution < -0.4 is 5.32 Å². The third-order valence-electron chi connectivity index (χ3n) is 3.89. The van der Waals surface area contributed by atoms with Crippen molar-refractivity contribution in [3.8, 4) is 0 Å². The Morgan fingerprint density at radius 2 is 1.95 bits per heavy atom. The second-order valence-corrected chi connectivity index (χ2v) is 6.31. The molecular formula is C16H18BrN3. The van der Waals surface area contributed by atoms with Crippen LogP contribution in [0.15, 0.2) is 41.0 Å². The van der Waals surface area contributed by atoms with Crippen molar-refractivity contribution in [3.05, 3.63) is 58.1 Å². The maximum absolute atomic E-state index is 4.41. The van der Waals surface area contributed by atoms with Crippen LogP contribution in [0.2, 0.25) is 0 Å². The summed E-state index contributed by atoms with van der Waals surface area (Å²) >= 11 is 3.48. The zero-order valence-electron chi connectivity index (χ0n) is 11.5. The topological polar surface area (TPSA) is 37.8 Å². The molecule has 1 fully saturated rings. The van der Waals surface area contributed by atoms with Crippen molar-refractivity contribution < 1.29 is 0 Å². The predicted octanol–water partition coefficient (Wildman–Crippen LogP) is 3.58. The molecule has 0 radical (unpaired) electrons. The van der Waals surface area contributed by atoms with E-state index in [1.54, 1.807) is 0 Å². The Balaban J connectivity index is 1.48. The van der Waals surface area contributed by atoms with Gasteiger partial charge in [-0.15, -0.1) is 0 Å². The average molecular weight is 332 g/mol. The molecule has 0 saturated heterocycles. The number of nitrogens with zero attached hydrogens (tertiary/aromatic N) is 2. The van der Waals surface area contributed by atoms with Gasteiger partial charge in [0.1, 0.15) is 5.82 Å². The molecule has 1 saturated carbocycles. The number of aryl methyl sites for hydroxylation is 1. The van der Waals surface area contributed by atoms with Crippen LogP contribution >= 0.6 is 15.9 Å². The van der Waals surface area contributed by atoms with E-state index in [0.717, 1.165) is 22.5 Å². The van der Waals surface area contributed by atoms with Crippen LogP contribution in [0.5, 0.6) is 0 Å². The number of nitrogens with one attached hydrogen (secondary N) is 1. The van der Waals surface area contributed by atoms with Gasteiger partial charge < -0.3 is 5.32 Å². The summed E-state index contributed by atoms with van der Waals surface area (Å²) in [5, 5.41) is 3.57. The van der Waals surface area contributed by atoms with E-state index >= 15 is 0 Å². The fraction of sp³-hybridized carbons (Fsp3) is 0.375. The molecule has 0 amide bonds. The zero-order valence-corrected chi connectivity index (χ0v) is 13.1. The number of halogens is 1. The van der Waals surface area contributed by atoms with Gasteiger partial charge in [-0.25, -0.2) is 9.97 Å². The van der Waals surface area contributed by atoms with Gasteiger partial charge in [0.15, 0.2) is 0 Å². The van der Waals surface area contributed by atoms with Crippen LogP contribution in [0.25, 0.3) is 0 Å². The molecule has 4 heteroatoms. The van der Waals surface area contributed by atoms with E-state index in [9.17, 15) is 0 Å². The fourth-order valence-corrected chi connectivity index (χ4v) is 2.91. The summed E-state index contributed by atoms with van der Waals surface area (Å²) < 4.78 is 1.15. The van der Waals surface area contributed by atoms with Crippen molar-refractivity contribution in [1.82, 2.24) is 15.3 Å². The van der Waals surface area contributed by atoms with Crippen LogP contribution in [0.1, 0.15) is 35.8 Å². The van der Waals surface area contributed by atoms with Crippen LogP contribution in [-0.4, -0.2) is 16.0 Å². The highest BCUT2D eigenvalue weighted by molar-refractivity contribution is 9.10. The van der Waals surface area contributed by atoms with E-state index in [2.05, 4.69) is 55.5 Å². The minimum absolute atomic E-state index is 0.610. The lowest BCUT2D eigenvalue weighted by Gasteiger charge is -2.36. The first-order valence-corrected chi connectivity index (χ1v) is 7.77. The van der Waals surface area contributed by atoms with E-state index in [4.69, 9.17) is 0 Å². The van der Waals surface area contributed by atoms with Crippen LogP contribution in [0.4, 0.5) is 0 Å². The van der Waals surface area contributed by atoms with Gasteiger partial charge >= 0.3 is 0 Å². The number of benzene rings is 1. The molecule has 3 rings (SSSR count). The summed E-state index contributed by atoms with van der Waals surface area (Å²) in [7, 11) is 0. The average Bonchev–Trinajstić information content (AvgIpc) is 2.39. The van der Waals surface area contributed by atoms with E-state index in [-0.39, 0.29) is 0 Å². The molecule has 1 N–H and O–H groups in total. The first-order chi connectivity index (χ1) is 9.70. The first kappa shape index (κ1) is 13.7. The monoisotopic (exact) mass is 331 g/mol. The van der Waals surface area contributed by atoms with Gasteiger partial charge in [0, 0.05) is 23.3 Å². The number of hydrogen-bond donors (Lipinski definition) is 1. The SMILES string of the molecule is Cc1nccc(CNC2CC(c3ccc(Br)cc3)C2)n1. The summed E-state index contributed by atoms with van der Waals surface area (Å²) in [4.78, 5) is 8.53. The Morgan fingerprint density at radius 3 is 2.65 bits per heavy atom. The van der Waals surface area contributed by atoms with Crippen molar-refractivity contribution in [2.24, 2.45) is 0 Å². The van der Waals surface area contributed by atoms with Gasteiger partial charge in [0.2, 0.25) is 0 Å². The Bertz CT molecular complexity index is 577.